The molecule has 1 unspecified atom stereocenters. The molecule has 1 atom stereocenters. The van der Waals surface area contributed by atoms with E-state index in [4.69, 9.17) is 4.42 Å². The Hall–Kier alpha value is -0.410. The number of furan rings is 1. The molecule has 1 aromatic heterocycles. The lowest BCUT2D eigenvalue weighted by Gasteiger charge is -2.30. The summed E-state index contributed by atoms with van der Waals surface area (Å²) in [6, 6.07) is 3.44. The number of hydrogen-bond donors (Lipinski definition) is 1. The van der Waals surface area contributed by atoms with Gasteiger partial charge in [0.25, 0.3) is 0 Å². The Morgan fingerprint density at radius 1 is 1.25 bits per heavy atom. The van der Waals surface area contributed by atoms with E-state index < -0.39 is 0 Å². The molecule has 2 aliphatic rings. The highest BCUT2D eigenvalue weighted by Crippen LogP contribution is 2.32. The van der Waals surface area contributed by atoms with Crippen LogP contribution in [0.2, 0.25) is 0 Å². The normalized spacial score (nSPS) is 26.6. The standard InChI is InChI=1S/C13H19NOS/c1-2-12(11-4-7-15-13(11)3-1)14-10-5-8-16-9-6-10/h4,7,10,12,14H,1-3,5-6,8-9H2. The fourth-order valence-corrected chi connectivity index (χ4v) is 3.91. The van der Waals surface area contributed by atoms with Crippen LogP contribution in [0.3, 0.4) is 0 Å². The minimum absolute atomic E-state index is 0.551. The Morgan fingerprint density at radius 3 is 3.00 bits per heavy atom. The SMILES string of the molecule is c1cc2c(o1)CCCC2NC1CCSCC1. The van der Waals surface area contributed by atoms with Gasteiger partial charge in [0.15, 0.2) is 0 Å². The van der Waals surface area contributed by atoms with Crippen LogP contribution in [0.25, 0.3) is 0 Å². The molecule has 0 aromatic carbocycles. The van der Waals surface area contributed by atoms with Crippen LogP contribution in [0, 0.1) is 0 Å². The van der Waals surface area contributed by atoms with E-state index in [0.29, 0.717) is 6.04 Å². The molecule has 1 aliphatic carbocycles. The van der Waals surface area contributed by atoms with Crippen molar-refractivity contribution in [3.63, 3.8) is 0 Å². The Kier molecular flexibility index (Phi) is 3.25. The highest BCUT2D eigenvalue weighted by molar-refractivity contribution is 7.99. The summed E-state index contributed by atoms with van der Waals surface area (Å²) in [7, 11) is 0. The van der Waals surface area contributed by atoms with E-state index in [9.17, 15) is 0 Å². The number of fused-ring (bicyclic) bond motifs is 1. The van der Waals surface area contributed by atoms with Crippen molar-refractivity contribution in [2.75, 3.05) is 11.5 Å². The van der Waals surface area contributed by atoms with Crippen molar-refractivity contribution in [1.29, 1.82) is 0 Å². The number of nitrogens with one attached hydrogen (secondary N) is 1. The molecule has 1 fully saturated rings. The summed E-state index contributed by atoms with van der Waals surface area (Å²) >= 11 is 2.09. The maximum Gasteiger partial charge on any atom is 0.108 e. The van der Waals surface area contributed by atoms with Gasteiger partial charge in [-0.25, -0.2) is 0 Å². The van der Waals surface area contributed by atoms with E-state index in [1.165, 1.54) is 48.5 Å². The molecule has 0 saturated carbocycles. The first-order valence-corrected chi connectivity index (χ1v) is 7.49. The van der Waals surface area contributed by atoms with Crippen LogP contribution in [-0.2, 0) is 6.42 Å². The zero-order chi connectivity index (χ0) is 10.8. The second kappa shape index (κ2) is 4.84. The van der Waals surface area contributed by atoms with E-state index >= 15 is 0 Å². The van der Waals surface area contributed by atoms with Gasteiger partial charge in [0.05, 0.1) is 6.26 Å². The average molecular weight is 237 g/mol. The van der Waals surface area contributed by atoms with Gasteiger partial charge in [-0.1, -0.05) is 0 Å². The molecule has 0 amide bonds. The van der Waals surface area contributed by atoms with Gasteiger partial charge in [-0.05, 0) is 43.3 Å². The minimum Gasteiger partial charge on any atom is -0.469 e. The zero-order valence-electron chi connectivity index (χ0n) is 9.58. The van der Waals surface area contributed by atoms with Crippen molar-refractivity contribution >= 4 is 11.8 Å². The maximum absolute atomic E-state index is 5.53. The molecule has 2 heterocycles. The van der Waals surface area contributed by atoms with Crippen LogP contribution in [0.15, 0.2) is 16.7 Å². The molecule has 1 aliphatic heterocycles. The Balaban J connectivity index is 1.67. The van der Waals surface area contributed by atoms with Crippen molar-refractivity contribution in [3.05, 3.63) is 23.7 Å². The van der Waals surface area contributed by atoms with Gasteiger partial charge >= 0.3 is 0 Å². The quantitative estimate of drug-likeness (QED) is 0.855. The molecule has 3 rings (SSSR count). The molecular weight excluding hydrogens is 218 g/mol. The van der Waals surface area contributed by atoms with E-state index in [0.717, 1.165) is 12.5 Å². The molecule has 88 valence electrons. The smallest absolute Gasteiger partial charge is 0.108 e. The lowest BCUT2D eigenvalue weighted by molar-refractivity contribution is 0.361. The predicted octanol–water partition coefficient (Wildman–Crippen LogP) is 3.14. The summed E-state index contributed by atoms with van der Waals surface area (Å²) < 4.78 is 5.53. The fraction of sp³-hybridized carbons (Fsp3) is 0.692. The van der Waals surface area contributed by atoms with Gasteiger partial charge in [-0.3, -0.25) is 0 Å². The van der Waals surface area contributed by atoms with Crippen LogP contribution >= 0.6 is 11.8 Å². The van der Waals surface area contributed by atoms with Crippen LogP contribution in [0.4, 0.5) is 0 Å². The summed E-state index contributed by atoms with van der Waals surface area (Å²) in [5.41, 5.74) is 1.42. The second-order valence-corrected chi connectivity index (χ2v) is 6.02. The van der Waals surface area contributed by atoms with Crippen molar-refractivity contribution in [2.24, 2.45) is 0 Å². The number of hydrogen-bond acceptors (Lipinski definition) is 3. The molecular formula is C13H19NOS. The summed E-state index contributed by atoms with van der Waals surface area (Å²) in [5, 5.41) is 3.83. The summed E-state index contributed by atoms with van der Waals surface area (Å²) in [5.74, 6) is 3.86. The first kappa shape index (κ1) is 10.7. The van der Waals surface area contributed by atoms with Crippen LogP contribution in [0.5, 0.6) is 0 Å². The Morgan fingerprint density at radius 2 is 2.12 bits per heavy atom. The topological polar surface area (TPSA) is 25.2 Å². The van der Waals surface area contributed by atoms with Crippen LogP contribution in [-0.4, -0.2) is 17.5 Å². The third kappa shape index (κ3) is 2.16. The van der Waals surface area contributed by atoms with Gasteiger partial charge in [0.2, 0.25) is 0 Å². The molecule has 0 bridgehead atoms. The van der Waals surface area contributed by atoms with Gasteiger partial charge in [-0.15, -0.1) is 0 Å². The van der Waals surface area contributed by atoms with Crippen molar-refractivity contribution in [3.8, 4) is 0 Å². The van der Waals surface area contributed by atoms with Crippen molar-refractivity contribution < 1.29 is 4.42 Å². The molecule has 0 spiro atoms. The molecule has 1 saturated heterocycles. The lowest BCUT2D eigenvalue weighted by atomic mass is 9.92. The molecule has 1 N–H and O–H groups in total. The minimum atomic E-state index is 0.551. The molecule has 2 nitrogen and oxygen atoms in total. The molecule has 16 heavy (non-hydrogen) atoms. The maximum atomic E-state index is 5.53. The third-order valence-corrected chi connectivity index (χ3v) is 4.76. The second-order valence-electron chi connectivity index (χ2n) is 4.80. The van der Waals surface area contributed by atoms with E-state index in [1.54, 1.807) is 0 Å². The molecule has 1 aromatic rings. The number of rotatable bonds is 2. The van der Waals surface area contributed by atoms with Gasteiger partial charge in [0, 0.05) is 24.1 Å². The van der Waals surface area contributed by atoms with Crippen LogP contribution < -0.4 is 5.32 Å². The highest BCUT2D eigenvalue weighted by Gasteiger charge is 2.25. The van der Waals surface area contributed by atoms with Crippen molar-refractivity contribution in [1.82, 2.24) is 5.32 Å². The van der Waals surface area contributed by atoms with Crippen LogP contribution in [0.1, 0.15) is 43.0 Å². The Bertz CT molecular complexity index is 343. The monoisotopic (exact) mass is 237 g/mol. The largest absolute Gasteiger partial charge is 0.469 e. The summed E-state index contributed by atoms with van der Waals surface area (Å²) in [6.45, 7) is 0. The molecule has 0 radical (unpaired) electrons. The van der Waals surface area contributed by atoms with Crippen molar-refractivity contribution in [2.45, 2.75) is 44.2 Å². The third-order valence-electron chi connectivity index (χ3n) is 3.71. The zero-order valence-corrected chi connectivity index (χ0v) is 10.4. The van der Waals surface area contributed by atoms with Gasteiger partial charge in [-0.2, -0.15) is 11.8 Å². The number of aryl methyl sites for hydroxylation is 1. The Labute approximate surface area is 101 Å². The predicted molar refractivity (Wildman–Crippen MR) is 67.9 cm³/mol. The first-order valence-electron chi connectivity index (χ1n) is 6.33. The van der Waals surface area contributed by atoms with E-state index in [2.05, 4.69) is 23.1 Å². The average Bonchev–Trinajstić information content (AvgIpc) is 2.80. The number of thioether (sulfide) groups is 1. The summed E-state index contributed by atoms with van der Waals surface area (Å²) in [4.78, 5) is 0. The first-order chi connectivity index (χ1) is 7.93. The van der Waals surface area contributed by atoms with E-state index in [-0.39, 0.29) is 0 Å². The summed E-state index contributed by atoms with van der Waals surface area (Å²) in [6.07, 6.45) is 8.17. The highest BCUT2D eigenvalue weighted by atomic mass is 32.2. The van der Waals surface area contributed by atoms with E-state index in [1.807, 2.05) is 6.26 Å². The lowest BCUT2D eigenvalue weighted by Crippen LogP contribution is -2.36. The fourth-order valence-electron chi connectivity index (χ4n) is 2.81. The van der Waals surface area contributed by atoms with Gasteiger partial charge in [0.1, 0.15) is 5.76 Å². The van der Waals surface area contributed by atoms with Gasteiger partial charge < -0.3 is 9.73 Å². The molecule has 3 heteroatoms.